The highest BCUT2D eigenvalue weighted by molar-refractivity contribution is 6.00. The molecule has 10 heteroatoms. The summed E-state index contributed by atoms with van der Waals surface area (Å²) in [6.07, 6.45) is 0. The number of nitrogens with one attached hydrogen (secondary N) is 1. The molecule has 0 aromatic heterocycles. The number of aliphatic carboxylic acids is 1. The standard InChI is InChI=1S/C17H15NO9/c19-11-2-1-7(3-14(11)22)10(17(26)27)6-18-15(23)8-4-13(21)9(16(24)25)5-12(8)20/h1-5,10,19-22H,6H2,(H,18,23)(H,24,25)(H,26,27)/t10-/m0/s1. The Kier molecular flexibility index (Phi) is 5.40. The molecule has 7 N–H and O–H groups in total. The highest BCUT2D eigenvalue weighted by atomic mass is 16.4. The van der Waals surface area contributed by atoms with Crippen LogP contribution in [0.5, 0.6) is 23.0 Å². The lowest BCUT2D eigenvalue weighted by Crippen LogP contribution is -2.31. The lowest BCUT2D eigenvalue weighted by Gasteiger charge is -2.15. The summed E-state index contributed by atoms with van der Waals surface area (Å²) in [5.74, 6) is -7.49. The zero-order valence-corrected chi connectivity index (χ0v) is 13.6. The quantitative estimate of drug-likeness (QED) is 0.282. The van der Waals surface area contributed by atoms with Gasteiger partial charge in [0.25, 0.3) is 5.91 Å². The van der Waals surface area contributed by atoms with Gasteiger partial charge in [-0.05, 0) is 29.8 Å². The van der Waals surface area contributed by atoms with Crippen LogP contribution in [0.4, 0.5) is 0 Å². The smallest absolute Gasteiger partial charge is 0.339 e. The van der Waals surface area contributed by atoms with Gasteiger partial charge in [0.15, 0.2) is 11.5 Å². The first-order valence-electron chi connectivity index (χ1n) is 7.44. The van der Waals surface area contributed by atoms with E-state index in [0.717, 1.165) is 18.2 Å². The van der Waals surface area contributed by atoms with E-state index in [-0.39, 0.29) is 5.56 Å². The molecule has 2 aromatic carbocycles. The first kappa shape index (κ1) is 19.4. The molecule has 27 heavy (non-hydrogen) atoms. The molecule has 0 saturated carbocycles. The maximum atomic E-state index is 12.2. The number of phenolic OH excluding ortho intramolecular Hbond substituents is 3. The Bertz CT molecular complexity index is 923. The zero-order valence-electron chi connectivity index (χ0n) is 13.6. The minimum Gasteiger partial charge on any atom is -0.507 e. The van der Waals surface area contributed by atoms with Crippen molar-refractivity contribution >= 4 is 17.8 Å². The molecule has 2 aromatic rings. The van der Waals surface area contributed by atoms with E-state index in [9.17, 15) is 39.9 Å². The molecule has 0 aliphatic heterocycles. The molecule has 0 radical (unpaired) electrons. The Hall–Kier alpha value is -3.95. The molecule has 0 spiro atoms. The number of aromatic carboxylic acids is 1. The summed E-state index contributed by atoms with van der Waals surface area (Å²) in [5, 5.41) is 58.6. The summed E-state index contributed by atoms with van der Waals surface area (Å²) in [6, 6.07) is 4.82. The average Bonchev–Trinajstić information content (AvgIpc) is 2.59. The SMILES string of the molecule is O=C(O)c1cc(O)c(C(=O)NC[C@H](C(=O)O)c2ccc(O)c(O)c2)cc1O. The molecule has 0 unspecified atom stereocenters. The molecular formula is C17H15NO9. The Labute approximate surface area is 151 Å². The van der Waals surface area contributed by atoms with E-state index in [0.29, 0.717) is 6.07 Å². The van der Waals surface area contributed by atoms with Gasteiger partial charge >= 0.3 is 11.9 Å². The minimum atomic E-state index is -1.51. The van der Waals surface area contributed by atoms with Gasteiger partial charge < -0.3 is 36.0 Å². The van der Waals surface area contributed by atoms with Crippen LogP contribution in [-0.2, 0) is 4.79 Å². The Morgan fingerprint density at radius 3 is 1.96 bits per heavy atom. The monoisotopic (exact) mass is 377 g/mol. The number of carbonyl (C=O) groups is 3. The molecule has 0 aliphatic carbocycles. The largest absolute Gasteiger partial charge is 0.507 e. The lowest BCUT2D eigenvalue weighted by atomic mass is 9.98. The predicted octanol–water partition coefficient (Wildman–Crippen LogP) is 0.805. The van der Waals surface area contributed by atoms with Gasteiger partial charge in [0.2, 0.25) is 0 Å². The first-order valence-corrected chi connectivity index (χ1v) is 7.44. The molecule has 10 nitrogen and oxygen atoms in total. The van der Waals surface area contributed by atoms with Crippen molar-refractivity contribution in [1.29, 1.82) is 0 Å². The third kappa shape index (κ3) is 4.18. The highest BCUT2D eigenvalue weighted by Gasteiger charge is 2.24. The summed E-state index contributed by atoms with van der Waals surface area (Å²) in [4.78, 5) is 34.5. The van der Waals surface area contributed by atoms with E-state index in [1.807, 2.05) is 0 Å². The van der Waals surface area contributed by atoms with Crippen LogP contribution in [0, 0.1) is 0 Å². The van der Waals surface area contributed by atoms with Crippen LogP contribution in [-0.4, -0.2) is 55.0 Å². The summed E-state index contributed by atoms with van der Waals surface area (Å²) >= 11 is 0. The molecule has 142 valence electrons. The van der Waals surface area contributed by atoms with E-state index >= 15 is 0 Å². The van der Waals surface area contributed by atoms with Crippen LogP contribution >= 0.6 is 0 Å². The number of carboxylic acid groups (broad SMARTS) is 2. The number of phenols is 4. The number of benzene rings is 2. The van der Waals surface area contributed by atoms with Crippen molar-refractivity contribution in [1.82, 2.24) is 5.32 Å². The molecule has 1 atom stereocenters. The molecule has 2 rings (SSSR count). The number of amides is 1. The normalized spacial score (nSPS) is 11.6. The van der Waals surface area contributed by atoms with Gasteiger partial charge in [-0.25, -0.2) is 4.79 Å². The molecule has 0 fully saturated rings. The van der Waals surface area contributed by atoms with E-state index in [2.05, 4.69) is 5.32 Å². The Balaban J connectivity index is 2.21. The number of hydrogen-bond acceptors (Lipinski definition) is 7. The minimum absolute atomic E-state index is 0.103. The maximum Gasteiger partial charge on any atom is 0.339 e. The van der Waals surface area contributed by atoms with Gasteiger partial charge in [-0.3, -0.25) is 9.59 Å². The van der Waals surface area contributed by atoms with Crippen LogP contribution in [0.25, 0.3) is 0 Å². The fourth-order valence-electron chi connectivity index (χ4n) is 2.32. The van der Waals surface area contributed by atoms with Crippen LogP contribution in [0.3, 0.4) is 0 Å². The van der Waals surface area contributed by atoms with Crippen molar-refractivity contribution in [3.63, 3.8) is 0 Å². The number of aromatic hydroxyl groups is 4. The summed E-state index contributed by atoms with van der Waals surface area (Å²) in [5.41, 5.74) is -0.950. The fraction of sp³-hybridized carbons (Fsp3) is 0.118. The van der Waals surface area contributed by atoms with Gasteiger partial charge in [-0.2, -0.15) is 0 Å². The average molecular weight is 377 g/mol. The van der Waals surface area contributed by atoms with Gasteiger partial charge in [-0.1, -0.05) is 6.07 Å². The number of rotatable bonds is 6. The van der Waals surface area contributed by atoms with Crippen LogP contribution in [0.15, 0.2) is 30.3 Å². The summed E-state index contributed by atoms with van der Waals surface area (Å²) < 4.78 is 0. The summed E-state index contributed by atoms with van der Waals surface area (Å²) in [7, 11) is 0. The maximum absolute atomic E-state index is 12.2. The van der Waals surface area contributed by atoms with Crippen molar-refractivity contribution in [2.45, 2.75) is 5.92 Å². The van der Waals surface area contributed by atoms with E-state index < -0.39 is 64.4 Å². The molecule has 0 aliphatic rings. The zero-order chi connectivity index (χ0) is 20.3. The summed E-state index contributed by atoms with van der Waals surface area (Å²) in [6.45, 7) is -0.445. The van der Waals surface area contributed by atoms with E-state index in [4.69, 9.17) is 5.11 Å². The van der Waals surface area contributed by atoms with Gasteiger partial charge in [0.05, 0.1) is 11.5 Å². The van der Waals surface area contributed by atoms with E-state index in [1.165, 1.54) is 6.07 Å². The molecule has 1 amide bonds. The second kappa shape index (κ2) is 7.52. The van der Waals surface area contributed by atoms with E-state index in [1.54, 1.807) is 0 Å². The van der Waals surface area contributed by atoms with Crippen LogP contribution in [0.1, 0.15) is 32.2 Å². The third-order valence-corrected chi connectivity index (χ3v) is 3.76. The molecular weight excluding hydrogens is 362 g/mol. The van der Waals surface area contributed by atoms with Gasteiger partial charge in [-0.15, -0.1) is 0 Å². The second-order valence-corrected chi connectivity index (χ2v) is 5.54. The van der Waals surface area contributed by atoms with Crippen molar-refractivity contribution in [2.75, 3.05) is 6.54 Å². The number of carboxylic acids is 2. The molecule has 0 saturated heterocycles. The second-order valence-electron chi connectivity index (χ2n) is 5.54. The molecule has 0 heterocycles. The number of carbonyl (C=O) groups excluding carboxylic acids is 1. The van der Waals surface area contributed by atoms with Crippen LogP contribution < -0.4 is 5.32 Å². The van der Waals surface area contributed by atoms with Crippen LogP contribution in [0.2, 0.25) is 0 Å². The Morgan fingerprint density at radius 2 is 1.41 bits per heavy atom. The lowest BCUT2D eigenvalue weighted by molar-refractivity contribution is -0.138. The third-order valence-electron chi connectivity index (χ3n) is 3.76. The molecule has 0 bridgehead atoms. The van der Waals surface area contributed by atoms with Gasteiger partial charge in [0.1, 0.15) is 17.1 Å². The topological polar surface area (TPSA) is 185 Å². The van der Waals surface area contributed by atoms with Crippen molar-refractivity contribution in [3.8, 4) is 23.0 Å². The first-order chi connectivity index (χ1) is 12.6. The van der Waals surface area contributed by atoms with Gasteiger partial charge in [0, 0.05) is 6.54 Å². The van der Waals surface area contributed by atoms with Crippen molar-refractivity contribution in [2.24, 2.45) is 0 Å². The highest BCUT2D eigenvalue weighted by Crippen LogP contribution is 2.29. The fourth-order valence-corrected chi connectivity index (χ4v) is 2.32. The Morgan fingerprint density at radius 1 is 0.815 bits per heavy atom. The predicted molar refractivity (Wildman–Crippen MR) is 89.2 cm³/mol. The van der Waals surface area contributed by atoms with Crippen molar-refractivity contribution in [3.05, 3.63) is 47.0 Å². The van der Waals surface area contributed by atoms with Crippen molar-refractivity contribution < 1.29 is 45.0 Å². The number of hydrogen-bond donors (Lipinski definition) is 7.